The van der Waals surface area contributed by atoms with Gasteiger partial charge in [0.2, 0.25) is 5.91 Å². The number of carbonyl (C=O) groups is 2. The number of nitrogens with zero attached hydrogens (tertiary/aromatic N) is 1. The van der Waals surface area contributed by atoms with Crippen molar-refractivity contribution >= 4 is 19.7 Å². The van der Waals surface area contributed by atoms with E-state index in [0.29, 0.717) is 23.9 Å². The van der Waals surface area contributed by atoms with Crippen molar-refractivity contribution in [1.82, 2.24) is 5.32 Å². The smallest absolute Gasteiger partial charge is 0.306 e. The van der Waals surface area contributed by atoms with Gasteiger partial charge in [0.15, 0.2) is 0 Å². The highest BCUT2D eigenvalue weighted by atomic mass is 31.2. The minimum atomic E-state index is -4.70. The van der Waals surface area contributed by atoms with E-state index in [9.17, 15) is 19.0 Å². The van der Waals surface area contributed by atoms with Crippen LogP contribution in [0.1, 0.15) is 290 Å². The molecule has 0 saturated carbocycles. The number of unbranched alkanes of at least 4 members (excludes halogenated alkanes) is 32. The van der Waals surface area contributed by atoms with Crippen LogP contribution >= 0.6 is 7.82 Å². The van der Waals surface area contributed by atoms with E-state index in [4.69, 9.17) is 13.8 Å². The van der Waals surface area contributed by atoms with Crippen LogP contribution in [0.4, 0.5) is 0 Å². The maximum Gasteiger partial charge on any atom is 0.306 e. The Morgan fingerprint density at radius 3 is 1.25 bits per heavy atom. The lowest BCUT2D eigenvalue weighted by molar-refractivity contribution is -0.870. The third-order valence-corrected chi connectivity index (χ3v) is 15.1. The summed E-state index contributed by atoms with van der Waals surface area (Å²) in [7, 11) is 1.17. The highest BCUT2D eigenvalue weighted by Gasteiger charge is 2.27. The second kappa shape index (κ2) is 56.7. The predicted molar refractivity (Wildman–Crippen MR) is 330 cm³/mol. The van der Waals surface area contributed by atoms with E-state index >= 15 is 0 Å². The van der Waals surface area contributed by atoms with E-state index < -0.39 is 26.6 Å². The summed E-state index contributed by atoms with van der Waals surface area (Å²) >= 11 is 0. The molecule has 0 aliphatic heterocycles. The number of hydrogen-bond donors (Lipinski definition) is 1. The van der Waals surface area contributed by atoms with Gasteiger partial charge in [0, 0.05) is 12.8 Å². The third kappa shape index (κ3) is 57.9. The Labute approximate surface area is 476 Å². The Kier molecular flexibility index (Phi) is 54.8. The lowest BCUT2D eigenvalue weighted by Crippen LogP contribution is -2.47. The molecule has 0 aromatic heterocycles. The average molecular weight is 1100 g/mol. The third-order valence-electron chi connectivity index (χ3n) is 14.2. The molecule has 3 atom stereocenters. The van der Waals surface area contributed by atoms with Crippen LogP contribution in [0.15, 0.2) is 72.9 Å². The molecule has 1 amide bonds. The van der Waals surface area contributed by atoms with Gasteiger partial charge in [0.05, 0.1) is 33.8 Å². The minimum absolute atomic E-state index is 0.0266. The predicted octanol–water partition coefficient (Wildman–Crippen LogP) is 19.4. The van der Waals surface area contributed by atoms with Crippen LogP contribution < -0.4 is 10.2 Å². The summed E-state index contributed by atoms with van der Waals surface area (Å²) in [6.45, 7) is 6.73. The topological polar surface area (TPSA) is 114 Å². The number of carbonyl (C=O) groups excluding carboxylic acids is 2. The van der Waals surface area contributed by atoms with Crippen LogP contribution in [0.5, 0.6) is 0 Å². The first kappa shape index (κ1) is 74.5. The first-order valence-electron chi connectivity index (χ1n) is 32.2. The molecule has 0 aliphatic rings. The van der Waals surface area contributed by atoms with Crippen molar-refractivity contribution in [3.63, 3.8) is 0 Å². The van der Waals surface area contributed by atoms with Gasteiger partial charge in [-0.05, 0) is 76.7 Å². The number of rotatable bonds is 58. The summed E-state index contributed by atoms with van der Waals surface area (Å²) in [5, 5.41) is 3.03. The maximum atomic E-state index is 13.5. The largest absolute Gasteiger partial charge is 0.756 e. The molecule has 77 heavy (non-hydrogen) atoms. The quantitative estimate of drug-likeness (QED) is 0.0212. The second-order valence-electron chi connectivity index (χ2n) is 22.9. The summed E-state index contributed by atoms with van der Waals surface area (Å²) in [4.78, 5) is 40.0. The molecule has 0 rings (SSSR count). The zero-order valence-corrected chi connectivity index (χ0v) is 52.0. The molecule has 10 heteroatoms. The Morgan fingerprint density at radius 2 is 0.831 bits per heavy atom. The van der Waals surface area contributed by atoms with Gasteiger partial charge in [-0.25, -0.2) is 0 Å². The minimum Gasteiger partial charge on any atom is -0.756 e. The number of amides is 1. The van der Waals surface area contributed by atoms with Gasteiger partial charge >= 0.3 is 5.97 Å². The summed E-state index contributed by atoms with van der Waals surface area (Å²) in [6.07, 6.45) is 73.0. The van der Waals surface area contributed by atoms with Gasteiger partial charge in [-0.15, -0.1) is 0 Å². The average Bonchev–Trinajstić information content (AvgIpc) is 3.39. The Balaban J connectivity index is 5.20. The van der Waals surface area contributed by atoms with Crippen molar-refractivity contribution in [2.24, 2.45) is 0 Å². The molecule has 9 nitrogen and oxygen atoms in total. The van der Waals surface area contributed by atoms with Crippen molar-refractivity contribution in [3.05, 3.63) is 72.9 Å². The normalized spacial score (nSPS) is 14.1. The highest BCUT2D eigenvalue weighted by molar-refractivity contribution is 7.45. The zero-order valence-electron chi connectivity index (χ0n) is 51.2. The number of ether oxygens (including phenoxy) is 1. The molecule has 448 valence electrons. The Hall–Kier alpha value is -2.55. The number of allylic oxidation sites excluding steroid dienone is 11. The lowest BCUT2D eigenvalue weighted by Gasteiger charge is -2.30. The van der Waals surface area contributed by atoms with Crippen LogP contribution in [0.25, 0.3) is 0 Å². The number of hydrogen-bond acceptors (Lipinski definition) is 7. The molecule has 0 heterocycles. The molecule has 0 aromatic rings. The van der Waals surface area contributed by atoms with Crippen LogP contribution in [-0.2, 0) is 27.9 Å². The Bertz CT molecular complexity index is 1550. The van der Waals surface area contributed by atoms with Crippen molar-refractivity contribution < 1.29 is 37.3 Å². The fraction of sp³-hybridized carbons (Fsp3) is 0.791. The summed E-state index contributed by atoms with van der Waals surface area (Å²) < 4.78 is 30.3. The van der Waals surface area contributed by atoms with Gasteiger partial charge in [-0.3, -0.25) is 14.2 Å². The lowest BCUT2D eigenvalue weighted by atomic mass is 10.0. The summed E-state index contributed by atoms with van der Waals surface area (Å²) in [5.74, 6) is -0.556. The molecular formula is C67H123N2O7P. The molecule has 1 N–H and O–H groups in total. The standard InChI is InChI=1S/C67H123N2O7P/c1-7-10-13-16-19-22-25-27-29-31-33-34-36-38-40-42-45-48-51-54-57-60-67(71)76-65(58-55-52-49-46-43-24-21-18-15-12-9-3)64(63-75-77(72,73)74-62-61-69(4,5)6)68-66(70)59-56-53-50-47-44-41-39-37-35-32-30-28-26-23-20-17-14-11-8-2/h10,13,19,22,27,29,33-34,38,40,55,58,64-65H,7-9,11-12,14-18,20-21,23-26,28,30-32,35-37,39,41-54,56-57,59-63H2,1-6H3,(H-,68,70,72,73)/b13-10-,22-19-,29-27-,34-33-,40-38-,58-55+. The molecule has 0 bridgehead atoms. The van der Waals surface area contributed by atoms with E-state index in [2.05, 4.69) is 86.8 Å². The van der Waals surface area contributed by atoms with Gasteiger partial charge in [0.1, 0.15) is 19.3 Å². The van der Waals surface area contributed by atoms with Gasteiger partial charge in [-0.1, -0.05) is 274 Å². The maximum absolute atomic E-state index is 13.5. The SMILES string of the molecule is CC/C=C\C/C=C\C/C=C\C/C=C\C/C=C\CCCCCCCC(=O)OC(/C=C/CCCCCCCCCCC)C(COP(=O)([O-])OCC[N+](C)(C)C)NC(=O)CCCCCCCCCCCCCCCCCCCCC. The van der Waals surface area contributed by atoms with Crippen molar-refractivity contribution in [2.75, 3.05) is 40.9 Å². The number of phosphoric acid groups is 1. The molecule has 0 spiro atoms. The number of nitrogens with one attached hydrogen (secondary N) is 1. The van der Waals surface area contributed by atoms with Crippen molar-refractivity contribution in [3.8, 4) is 0 Å². The first-order chi connectivity index (χ1) is 37.4. The Morgan fingerprint density at radius 1 is 0.468 bits per heavy atom. The number of likely N-dealkylation sites (N-methyl/N-ethyl adjacent to an activating group) is 1. The van der Waals surface area contributed by atoms with E-state index in [1.807, 2.05) is 33.3 Å². The molecule has 0 aromatic carbocycles. The number of quaternary nitrogens is 1. The van der Waals surface area contributed by atoms with Crippen LogP contribution in [-0.4, -0.2) is 69.4 Å². The summed E-state index contributed by atoms with van der Waals surface area (Å²) in [5.41, 5.74) is 0. The molecule has 0 fully saturated rings. The molecule has 0 radical (unpaired) electrons. The fourth-order valence-electron chi connectivity index (χ4n) is 9.20. The molecule has 0 aliphatic carbocycles. The van der Waals surface area contributed by atoms with Gasteiger partial charge in [0.25, 0.3) is 7.82 Å². The van der Waals surface area contributed by atoms with Crippen molar-refractivity contribution in [2.45, 2.75) is 303 Å². The van der Waals surface area contributed by atoms with Crippen LogP contribution in [0.2, 0.25) is 0 Å². The van der Waals surface area contributed by atoms with Gasteiger partial charge in [-0.2, -0.15) is 0 Å². The highest BCUT2D eigenvalue weighted by Crippen LogP contribution is 2.38. The van der Waals surface area contributed by atoms with Crippen molar-refractivity contribution in [1.29, 1.82) is 0 Å². The van der Waals surface area contributed by atoms with Crippen LogP contribution in [0.3, 0.4) is 0 Å². The second-order valence-corrected chi connectivity index (χ2v) is 24.3. The monoisotopic (exact) mass is 1100 g/mol. The van der Waals surface area contributed by atoms with Crippen LogP contribution in [0, 0.1) is 0 Å². The molecular weight excluding hydrogens is 976 g/mol. The molecule has 3 unspecified atom stereocenters. The fourth-order valence-corrected chi connectivity index (χ4v) is 9.92. The van der Waals surface area contributed by atoms with E-state index in [-0.39, 0.29) is 24.9 Å². The van der Waals surface area contributed by atoms with Gasteiger partial charge < -0.3 is 28.5 Å². The number of phosphoric ester groups is 1. The van der Waals surface area contributed by atoms with E-state index in [1.54, 1.807) is 0 Å². The number of esters is 1. The molecule has 0 saturated heterocycles. The van der Waals surface area contributed by atoms with E-state index in [0.717, 1.165) is 103 Å². The summed E-state index contributed by atoms with van der Waals surface area (Å²) in [6, 6.07) is -0.897. The van der Waals surface area contributed by atoms with E-state index in [1.165, 1.54) is 148 Å². The first-order valence-corrected chi connectivity index (χ1v) is 33.7. The zero-order chi connectivity index (χ0) is 56.4.